The van der Waals surface area contributed by atoms with Gasteiger partial charge in [0.15, 0.2) is 0 Å². The molecule has 0 aliphatic carbocycles. The summed E-state index contributed by atoms with van der Waals surface area (Å²) < 4.78 is 0. The lowest BCUT2D eigenvalue weighted by atomic mass is 10.1. The summed E-state index contributed by atoms with van der Waals surface area (Å²) in [5.74, 6) is -0.199. The first kappa shape index (κ1) is 10.7. The third-order valence-corrected chi connectivity index (χ3v) is 4.31. The molecular weight excluding hydrogens is 236 g/mol. The van der Waals surface area contributed by atoms with Crippen LogP contribution in [0.3, 0.4) is 0 Å². The predicted octanol–water partition coefficient (Wildman–Crippen LogP) is 1.26. The number of rotatable bonds is 2. The number of urea groups is 1. The Morgan fingerprint density at radius 3 is 2.88 bits per heavy atom. The highest BCUT2D eigenvalue weighted by Crippen LogP contribution is 2.37. The minimum absolute atomic E-state index is 0.199. The van der Waals surface area contributed by atoms with Crippen LogP contribution in [0.15, 0.2) is 29.2 Å². The van der Waals surface area contributed by atoms with Gasteiger partial charge in [0.1, 0.15) is 6.54 Å². The normalized spacial score (nSPS) is 22.8. The van der Waals surface area contributed by atoms with Crippen LogP contribution in [0.1, 0.15) is 5.56 Å². The second kappa shape index (κ2) is 4.07. The summed E-state index contributed by atoms with van der Waals surface area (Å²) >= 11 is 1.79. The van der Waals surface area contributed by atoms with Crippen molar-refractivity contribution in [3.8, 4) is 0 Å². The molecule has 2 aliphatic rings. The van der Waals surface area contributed by atoms with Gasteiger partial charge in [-0.25, -0.2) is 4.79 Å². The number of carbonyl (C=O) groups excluding carboxylic acids is 2. The molecule has 1 saturated heterocycles. The van der Waals surface area contributed by atoms with E-state index in [2.05, 4.69) is 17.4 Å². The Balaban J connectivity index is 1.66. The predicted molar refractivity (Wildman–Crippen MR) is 64.9 cm³/mol. The molecule has 1 fully saturated rings. The number of carbonyl (C=O) groups is 2. The molecule has 1 atom stereocenters. The van der Waals surface area contributed by atoms with Crippen LogP contribution >= 0.6 is 11.8 Å². The molecule has 1 N–H and O–H groups in total. The smallest absolute Gasteiger partial charge is 0.314 e. The molecule has 0 aromatic heterocycles. The summed E-state index contributed by atoms with van der Waals surface area (Å²) in [5, 5.41) is 2.67. The number of benzene rings is 1. The Morgan fingerprint density at radius 2 is 2.18 bits per heavy atom. The molecule has 1 aromatic rings. The lowest BCUT2D eigenvalue weighted by Crippen LogP contribution is -2.33. The van der Waals surface area contributed by atoms with E-state index in [-0.39, 0.29) is 18.5 Å². The topological polar surface area (TPSA) is 49.4 Å². The summed E-state index contributed by atoms with van der Waals surface area (Å²) in [6.07, 6.45) is 0.971. The van der Waals surface area contributed by atoms with E-state index >= 15 is 0 Å². The van der Waals surface area contributed by atoms with Gasteiger partial charge in [-0.2, -0.15) is 0 Å². The van der Waals surface area contributed by atoms with E-state index in [4.69, 9.17) is 0 Å². The SMILES string of the molecule is O=C1CN(CC2Cc3ccccc3S2)C(=O)N1. The Hall–Kier alpha value is -1.49. The monoisotopic (exact) mass is 248 g/mol. The van der Waals surface area contributed by atoms with Crippen molar-refractivity contribution in [3.63, 3.8) is 0 Å². The highest BCUT2D eigenvalue weighted by molar-refractivity contribution is 8.00. The van der Waals surface area contributed by atoms with Crippen LogP contribution in [0.5, 0.6) is 0 Å². The molecule has 2 heterocycles. The van der Waals surface area contributed by atoms with Crippen LogP contribution < -0.4 is 5.32 Å². The first-order valence-corrected chi connectivity index (χ1v) is 6.43. The second-order valence-corrected chi connectivity index (χ2v) is 5.63. The average molecular weight is 248 g/mol. The zero-order valence-electron chi connectivity index (χ0n) is 9.18. The minimum atomic E-state index is -0.258. The third-order valence-electron chi connectivity index (χ3n) is 3.01. The van der Waals surface area contributed by atoms with E-state index < -0.39 is 0 Å². The maximum Gasteiger partial charge on any atom is 0.324 e. The van der Waals surface area contributed by atoms with E-state index in [1.807, 2.05) is 12.1 Å². The van der Waals surface area contributed by atoms with Gasteiger partial charge in [-0.05, 0) is 18.1 Å². The first-order valence-electron chi connectivity index (χ1n) is 5.56. The molecule has 5 heteroatoms. The number of thioether (sulfide) groups is 1. The number of nitrogens with one attached hydrogen (secondary N) is 1. The van der Waals surface area contributed by atoms with E-state index in [0.29, 0.717) is 11.8 Å². The van der Waals surface area contributed by atoms with Crippen molar-refractivity contribution >= 4 is 23.7 Å². The van der Waals surface area contributed by atoms with Gasteiger partial charge in [0, 0.05) is 16.7 Å². The Kier molecular flexibility index (Phi) is 2.55. The largest absolute Gasteiger partial charge is 0.324 e. The molecule has 88 valence electrons. The van der Waals surface area contributed by atoms with E-state index in [0.717, 1.165) is 6.42 Å². The number of hydrogen-bond donors (Lipinski definition) is 1. The molecule has 1 aromatic carbocycles. The second-order valence-electron chi connectivity index (χ2n) is 4.29. The molecule has 0 bridgehead atoms. The highest BCUT2D eigenvalue weighted by atomic mass is 32.2. The van der Waals surface area contributed by atoms with Gasteiger partial charge >= 0.3 is 6.03 Å². The van der Waals surface area contributed by atoms with Crippen LogP contribution in [0.25, 0.3) is 0 Å². The van der Waals surface area contributed by atoms with Crippen LogP contribution in [-0.2, 0) is 11.2 Å². The van der Waals surface area contributed by atoms with Crippen LogP contribution in [0.2, 0.25) is 0 Å². The quantitative estimate of drug-likeness (QED) is 0.801. The van der Waals surface area contributed by atoms with Crippen molar-refractivity contribution in [2.45, 2.75) is 16.6 Å². The van der Waals surface area contributed by atoms with Crippen LogP contribution in [-0.4, -0.2) is 35.2 Å². The summed E-state index contributed by atoms with van der Waals surface area (Å²) in [6, 6.07) is 8.03. The van der Waals surface area contributed by atoms with Gasteiger partial charge in [0.25, 0.3) is 0 Å². The fourth-order valence-electron chi connectivity index (χ4n) is 2.23. The average Bonchev–Trinajstić information content (AvgIpc) is 2.82. The van der Waals surface area contributed by atoms with E-state index in [1.54, 1.807) is 16.7 Å². The number of imide groups is 1. The number of hydrogen-bond acceptors (Lipinski definition) is 3. The summed E-state index contributed by atoms with van der Waals surface area (Å²) in [6.45, 7) is 0.836. The summed E-state index contributed by atoms with van der Waals surface area (Å²) in [7, 11) is 0. The lowest BCUT2D eigenvalue weighted by molar-refractivity contribution is -0.118. The molecule has 1 unspecified atom stereocenters. The van der Waals surface area contributed by atoms with Gasteiger partial charge in [-0.1, -0.05) is 18.2 Å². The van der Waals surface area contributed by atoms with E-state index in [1.165, 1.54) is 10.5 Å². The molecule has 3 amide bonds. The molecule has 0 saturated carbocycles. The minimum Gasteiger partial charge on any atom is -0.314 e. The summed E-state index contributed by atoms with van der Waals surface area (Å²) in [5.41, 5.74) is 1.34. The first-order chi connectivity index (χ1) is 8.22. The maximum atomic E-state index is 11.4. The Morgan fingerprint density at radius 1 is 1.35 bits per heavy atom. The van der Waals surface area contributed by atoms with Crippen molar-refractivity contribution in [1.29, 1.82) is 0 Å². The molecule has 4 nitrogen and oxygen atoms in total. The van der Waals surface area contributed by atoms with Crippen molar-refractivity contribution in [3.05, 3.63) is 29.8 Å². The standard InChI is InChI=1S/C12H12N2O2S/c15-11-7-14(12(16)13-11)6-9-5-8-3-1-2-4-10(8)17-9/h1-4,9H,5-7H2,(H,13,15,16). The maximum absolute atomic E-state index is 11.4. The molecule has 2 aliphatic heterocycles. The number of amides is 3. The molecular formula is C12H12N2O2S. The Labute approximate surface area is 103 Å². The van der Waals surface area contributed by atoms with Gasteiger partial charge in [0.05, 0.1) is 0 Å². The number of fused-ring (bicyclic) bond motifs is 1. The summed E-state index contributed by atoms with van der Waals surface area (Å²) in [4.78, 5) is 25.4. The molecule has 3 rings (SSSR count). The van der Waals surface area contributed by atoms with Gasteiger partial charge < -0.3 is 4.90 Å². The molecule has 0 radical (unpaired) electrons. The Bertz CT molecular complexity index is 464. The van der Waals surface area contributed by atoms with E-state index in [9.17, 15) is 9.59 Å². The third kappa shape index (κ3) is 2.02. The highest BCUT2D eigenvalue weighted by Gasteiger charge is 2.31. The zero-order valence-corrected chi connectivity index (χ0v) is 10.00. The van der Waals surface area contributed by atoms with Crippen molar-refractivity contribution < 1.29 is 9.59 Å². The van der Waals surface area contributed by atoms with Crippen molar-refractivity contribution in [2.24, 2.45) is 0 Å². The van der Waals surface area contributed by atoms with Crippen LogP contribution in [0.4, 0.5) is 4.79 Å². The lowest BCUT2D eigenvalue weighted by Gasteiger charge is -2.17. The number of nitrogens with zero attached hydrogens (tertiary/aromatic N) is 1. The fraction of sp³-hybridized carbons (Fsp3) is 0.333. The molecule has 17 heavy (non-hydrogen) atoms. The molecule has 0 spiro atoms. The zero-order chi connectivity index (χ0) is 11.8. The van der Waals surface area contributed by atoms with Gasteiger partial charge in [0.2, 0.25) is 5.91 Å². The fourth-order valence-corrected chi connectivity index (χ4v) is 3.57. The van der Waals surface area contributed by atoms with Crippen LogP contribution in [0, 0.1) is 0 Å². The van der Waals surface area contributed by atoms with Gasteiger partial charge in [-0.15, -0.1) is 11.8 Å². The van der Waals surface area contributed by atoms with Gasteiger partial charge in [-0.3, -0.25) is 10.1 Å². The van der Waals surface area contributed by atoms with Crippen molar-refractivity contribution in [2.75, 3.05) is 13.1 Å². The van der Waals surface area contributed by atoms with Crippen molar-refractivity contribution in [1.82, 2.24) is 10.2 Å².